The second-order valence-corrected chi connectivity index (χ2v) is 18.8. The Morgan fingerprint density at radius 3 is 0.571 bits per heavy atom. The van der Waals surface area contributed by atoms with Gasteiger partial charge in [-0.3, -0.25) is 0 Å². The molecule has 2 aliphatic heterocycles. The summed E-state index contributed by atoms with van der Waals surface area (Å²) in [5.41, 5.74) is 23.8. The third-order valence-electron chi connectivity index (χ3n) is 14.6. The topological polar surface area (TPSA) is 13.0 Å². The lowest BCUT2D eigenvalue weighted by Gasteiger charge is -2.44. The molecule has 4 nitrogen and oxygen atoms in total. The van der Waals surface area contributed by atoms with Crippen molar-refractivity contribution in [2.45, 2.75) is 40.0 Å². The molecule has 12 rings (SSSR count). The van der Waals surface area contributed by atoms with Crippen LogP contribution in [0.15, 0.2) is 243 Å². The Morgan fingerprint density at radius 2 is 0.386 bits per heavy atom. The van der Waals surface area contributed by atoms with Crippen molar-refractivity contribution in [1.29, 1.82) is 0 Å². The van der Waals surface area contributed by atoms with Crippen molar-refractivity contribution in [3.8, 4) is 44.5 Å². The molecule has 0 amide bonds. The Bertz CT molecular complexity index is 2980. The average molecular weight is 903 g/mol. The first-order chi connectivity index (χ1) is 34.4. The molecule has 70 heavy (non-hydrogen) atoms. The van der Waals surface area contributed by atoms with Gasteiger partial charge in [0.1, 0.15) is 0 Å². The zero-order valence-corrected chi connectivity index (χ0v) is 40.0. The molecule has 0 bridgehead atoms. The number of aryl methyl sites for hydroxylation is 4. The molecule has 2 heterocycles. The van der Waals surface area contributed by atoms with Gasteiger partial charge >= 0.3 is 0 Å². The fourth-order valence-electron chi connectivity index (χ4n) is 10.6. The number of anilines is 8. The molecule has 0 unspecified atom stereocenters. The summed E-state index contributed by atoms with van der Waals surface area (Å²) in [6.45, 7) is 8.99. The Balaban J connectivity index is 1.12. The minimum absolute atomic E-state index is 0.294. The first-order valence-corrected chi connectivity index (χ1v) is 24.4. The molecule has 10 aromatic rings. The highest BCUT2D eigenvalue weighted by Gasteiger charge is 2.52. The molecular formula is C66H54N4. The Kier molecular flexibility index (Phi) is 10.9. The smallest absolute Gasteiger partial charge is 0.151 e. The van der Waals surface area contributed by atoms with Gasteiger partial charge in [0, 0.05) is 22.7 Å². The van der Waals surface area contributed by atoms with E-state index >= 15 is 0 Å². The van der Waals surface area contributed by atoms with E-state index < -0.39 is 0 Å². The van der Waals surface area contributed by atoms with Crippen LogP contribution in [-0.4, -0.2) is 12.3 Å². The maximum atomic E-state index is 2.62. The van der Waals surface area contributed by atoms with E-state index in [4.69, 9.17) is 0 Å². The number of nitrogens with zero attached hydrogens (tertiary/aromatic N) is 4. The monoisotopic (exact) mass is 902 g/mol. The van der Waals surface area contributed by atoms with E-state index in [0.717, 1.165) is 22.7 Å². The summed E-state index contributed by atoms with van der Waals surface area (Å²) < 4.78 is 0. The van der Waals surface area contributed by atoms with Gasteiger partial charge in [0.25, 0.3) is 0 Å². The predicted octanol–water partition coefficient (Wildman–Crippen LogP) is 17.5. The number of benzene rings is 10. The molecule has 338 valence electrons. The molecule has 4 heteroatoms. The Hall–Kier alpha value is -8.60. The molecule has 0 saturated heterocycles. The summed E-state index contributed by atoms with van der Waals surface area (Å²) in [5, 5.41) is 0. The molecule has 10 aromatic carbocycles. The molecule has 0 fully saturated rings. The normalized spacial score (nSPS) is 13.5. The van der Waals surface area contributed by atoms with Crippen LogP contribution in [0.2, 0.25) is 0 Å². The van der Waals surface area contributed by atoms with Gasteiger partial charge in [0.2, 0.25) is 0 Å². The van der Waals surface area contributed by atoms with Gasteiger partial charge in [-0.15, -0.1) is 0 Å². The zero-order chi connectivity index (χ0) is 47.3. The van der Waals surface area contributed by atoms with Gasteiger partial charge in [0.05, 0.1) is 22.7 Å². The van der Waals surface area contributed by atoms with Gasteiger partial charge in [-0.2, -0.15) is 0 Å². The first-order valence-electron chi connectivity index (χ1n) is 24.4. The van der Waals surface area contributed by atoms with Crippen LogP contribution in [0.25, 0.3) is 44.5 Å². The highest BCUT2D eigenvalue weighted by Crippen LogP contribution is 2.57. The molecule has 0 saturated carbocycles. The van der Waals surface area contributed by atoms with Crippen LogP contribution < -0.4 is 19.6 Å². The number of hydrogen-bond donors (Lipinski definition) is 0. The van der Waals surface area contributed by atoms with Crippen molar-refractivity contribution in [3.05, 3.63) is 265 Å². The van der Waals surface area contributed by atoms with E-state index in [0.29, 0.717) is 0 Å². The lowest BCUT2D eigenvalue weighted by atomic mass is 10.0. The molecule has 0 radical (unpaired) electrons. The van der Waals surface area contributed by atoms with E-state index in [1.807, 2.05) is 0 Å². The highest BCUT2D eigenvalue weighted by molar-refractivity contribution is 5.96. The first kappa shape index (κ1) is 42.7. The summed E-state index contributed by atoms with van der Waals surface area (Å²) in [5.74, 6) is 0. The zero-order valence-electron chi connectivity index (χ0n) is 40.0. The Morgan fingerprint density at radius 1 is 0.214 bits per heavy atom. The molecule has 0 N–H and O–H groups in total. The lowest BCUT2D eigenvalue weighted by molar-refractivity contribution is 0.550. The van der Waals surface area contributed by atoms with Crippen LogP contribution in [0, 0.1) is 27.7 Å². The molecule has 0 aliphatic carbocycles. The third-order valence-corrected chi connectivity index (χ3v) is 14.6. The van der Waals surface area contributed by atoms with Gasteiger partial charge < -0.3 is 19.6 Å². The largest absolute Gasteiger partial charge is 0.314 e. The minimum atomic E-state index is -0.294. The van der Waals surface area contributed by atoms with Crippen LogP contribution >= 0.6 is 0 Å². The summed E-state index contributed by atoms with van der Waals surface area (Å²) in [6, 6.07) is 89.3. The number of rotatable bonds is 9. The standard InChI is InChI=1S/C66H54N4/c1-45-41-61-62(42-46(45)2)68(58-35-27-54(28-36-58)50-19-11-6-12-20-50)65(67(61)57-33-25-53(26-34-57)49-17-9-5-10-18-49)66-69(59-37-29-55(30-38-59)51-21-13-7-14-22-51)63-43-47(3)48(4)44-64(63)70(66)60-39-31-56(32-40-60)52-23-15-8-16-24-52/h5-44,65-66H,1-4H3. The van der Waals surface area contributed by atoms with Gasteiger partial charge in [-0.25, -0.2) is 0 Å². The van der Waals surface area contributed by atoms with Crippen LogP contribution in [0.5, 0.6) is 0 Å². The van der Waals surface area contributed by atoms with Crippen molar-refractivity contribution in [2.75, 3.05) is 19.6 Å². The van der Waals surface area contributed by atoms with E-state index in [1.165, 1.54) is 89.5 Å². The van der Waals surface area contributed by atoms with Crippen LogP contribution in [0.4, 0.5) is 45.5 Å². The lowest BCUT2D eigenvalue weighted by Crippen LogP contribution is -2.58. The van der Waals surface area contributed by atoms with Crippen molar-refractivity contribution >= 4 is 45.5 Å². The van der Waals surface area contributed by atoms with Gasteiger partial charge in [-0.1, -0.05) is 170 Å². The fraction of sp³-hybridized carbons (Fsp3) is 0.0909. The second kappa shape index (κ2) is 17.8. The van der Waals surface area contributed by atoms with Crippen molar-refractivity contribution < 1.29 is 0 Å². The maximum absolute atomic E-state index is 2.62. The summed E-state index contributed by atoms with van der Waals surface area (Å²) in [6.07, 6.45) is -0.589. The SMILES string of the molecule is Cc1cc2c(cc1C)N(c1ccc(-c3ccccc3)cc1)C(C1N(c3ccc(-c4ccccc4)cc3)c3cc(C)c(C)cc3N1c1ccc(-c3ccccc3)cc1)N2c1ccc(-c2ccccc2)cc1. The van der Waals surface area contributed by atoms with E-state index in [9.17, 15) is 0 Å². The average Bonchev–Trinajstić information content (AvgIpc) is 3.91. The quantitative estimate of drug-likeness (QED) is 0.143. The second-order valence-electron chi connectivity index (χ2n) is 18.8. The predicted molar refractivity (Wildman–Crippen MR) is 295 cm³/mol. The molecular weight excluding hydrogens is 849 g/mol. The van der Waals surface area contributed by atoms with Crippen LogP contribution in [0.3, 0.4) is 0 Å². The minimum Gasteiger partial charge on any atom is -0.314 e. The van der Waals surface area contributed by atoms with Crippen molar-refractivity contribution in [3.63, 3.8) is 0 Å². The van der Waals surface area contributed by atoms with E-state index in [-0.39, 0.29) is 12.3 Å². The van der Waals surface area contributed by atoms with Gasteiger partial charge in [-0.05, 0) is 167 Å². The highest BCUT2D eigenvalue weighted by atomic mass is 15.5. The summed E-state index contributed by atoms with van der Waals surface area (Å²) in [4.78, 5) is 10.5. The third kappa shape index (κ3) is 7.59. The van der Waals surface area contributed by atoms with Crippen LogP contribution in [-0.2, 0) is 0 Å². The summed E-state index contributed by atoms with van der Waals surface area (Å²) >= 11 is 0. The molecule has 0 atom stereocenters. The summed E-state index contributed by atoms with van der Waals surface area (Å²) in [7, 11) is 0. The Labute approximate surface area is 412 Å². The van der Waals surface area contributed by atoms with Crippen molar-refractivity contribution in [2.24, 2.45) is 0 Å². The molecule has 0 aromatic heterocycles. The van der Waals surface area contributed by atoms with E-state index in [2.05, 4.69) is 290 Å². The van der Waals surface area contributed by atoms with Crippen LogP contribution in [0.1, 0.15) is 22.3 Å². The maximum Gasteiger partial charge on any atom is 0.151 e. The number of fused-ring (bicyclic) bond motifs is 2. The van der Waals surface area contributed by atoms with Crippen molar-refractivity contribution in [1.82, 2.24) is 0 Å². The number of hydrogen-bond acceptors (Lipinski definition) is 4. The molecule has 2 aliphatic rings. The molecule has 0 spiro atoms. The van der Waals surface area contributed by atoms with E-state index in [1.54, 1.807) is 0 Å². The fourth-order valence-corrected chi connectivity index (χ4v) is 10.6. The van der Waals surface area contributed by atoms with Gasteiger partial charge in [0.15, 0.2) is 12.3 Å².